The lowest BCUT2D eigenvalue weighted by Gasteiger charge is -2.36. The molecule has 1 aromatic heterocycles. The Hall–Kier alpha value is -1.86. The fourth-order valence-electron chi connectivity index (χ4n) is 2.10. The van der Waals surface area contributed by atoms with Gasteiger partial charge in [0.25, 0.3) is 0 Å². The Balaban J connectivity index is 3.60. The zero-order chi connectivity index (χ0) is 19.0. The van der Waals surface area contributed by atoms with Gasteiger partial charge in [-0.15, -0.1) is 0 Å². The summed E-state index contributed by atoms with van der Waals surface area (Å²) in [4.78, 5) is 5.06. The summed E-state index contributed by atoms with van der Waals surface area (Å²) < 4.78 is 80.8. The summed E-state index contributed by atoms with van der Waals surface area (Å²) in [5.74, 6) is -10.4. The Morgan fingerprint density at radius 2 is 1.54 bits per heavy atom. The predicted molar refractivity (Wildman–Crippen MR) is 70.3 cm³/mol. The van der Waals surface area contributed by atoms with Crippen molar-refractivity contribution in [3.63, 3.8) is 0 Å². The lowest BCUT2D eigenvalue weighted by Crippen LogP contribution is -2.45. The fraction of sp³-hybridized carbons (Fsp3) is 0.571. The summed E-state index contributed by atoms with van der Waals surface area (Å²) in [6.45, 7) is 10.2. The molecule has 0 aromatic carbocycles. The van der Waals surface area contributed by atoms with E-state index in [0.29, 0.717) is 0 Å². The van der Waals surface area contributed by atoms with Crippen LogP contribution in [0.1, 0.15) is 32.4 Å². The van der Waals surface area contributed by atoms with Gasteiger partial charge in [-0.2, -0.15) is 22.0 Å². The first-order valence-corrected chi connectivity index (χ1v) is 6.58. The van der Waals surface area contributed by atoms with Crippen LogP contribution < -0.4 is 0 Å². The molecule has 10 heteroatoms. The van der Waals surface area contributed by atoms with E-state index in [2.05, 4.69) is 9.83 Å². The van der Waals surface area contributed by atoms with Crippen molar-refractivity contribution in [1.29, 1.82) is 0 Å². The van der Waals surface area contributed by atoms with Gasteiger partial charge in [0.05, 0.1) is 17.8 Å². The SMILES string of the molecule is [C-]#[N+]c1nc(F)c(F)c(C(O)C(C(O)C(C)(C)C)C(F)(F)F)c1F. The molecule has 1 aromatic rings. The van der Waals surface area contributed by atoms with Gasteiger partial charge in [0.1, 0.15) is 5.92 Å². The van der Waals surface area contributed by atoms with Crippen molar-refractivity contribution in [3.8, 4) is 0 Å². The van der Waals surface area contributed by atoms with Gasteiger partial charge in [-0.3, -0.25) is 0 Å². The first kappa shape index (κ1) is 20.2. The number of aliphatic hydroxyl groups is 2. The van der Waals surface area contributed by atoms with E-state index in [4.69, 9.17) is 6.57 Å². The quantitative estimate of drug-likeness (QED) is 0.494. The first-order chi connectivity index (χ1) is 10.7. The largest absolute Gasteiger partial charge is 0.397 e. The molecule has 1 rings (SSSR count). The summed E-state index contributed by atoms with van der Waals surface area (Å²) in [6.07, 6.45) is -10.5. The molecule has 24 heavy (non-hydrogen) atoms. The molecule has 0 aliphatic carbocycles. The van der Waals surface area contributed by atoms with Crippen LogP contribution in [0.25, 0.3) is 4.85 Å². The Morgan fingerprint density at radius 1 is 1.04 bits per heavy atom. The highest BCUT2D eigenvalue weighted by Gasteiger charge is 2.53. The van der Waals surface area contributed by atoms with E-state index in [-0.39, 0.29) is 0 Å². The second-order valence-corrected chi connectivity index (χ2v) is 6.20. The van der Waals surface area contributed by atoms with E-state index in [1.807, 2.05) is 0 Å². The summed E-state index contributed by atoms with van der Waals surface area (Å²) >= 11 is 0. The molecule has 0 amide bonds. The Kier molecular flexibility index (Phi) is 5.52. The summed E-state index contributed by atoms with van der Waals surface area (Å²) in [5, 5.41) is 19.8. The highest BCUT2D eigenvalue weighted by molar-refractivity contribution is 5.42. The van der Waals surface area contributed by atoms with Crippen LogP contribution in [0.2, 0.25) is 0 Å². The molecule has 2 N–H and O–H groups in total. The maximum Gasteiger partial charge on any atom is 0.397 e. The van der Waals surface area contributed by atoms with Crippen LogP contribution in [-0.2, 0) is 0 Å². The smallest absolute Gasteiger partial charge is 0.392 e. The molecule has 134 valence electrons. The molecule has 0 spiro atoms. The van der Waals surface area contributed by atoms with Crippen LogP contribution in [0.5, 0.6) is 0 Å². The fourth-order valence-corrected chi connectivity index (χ4v) is 2.10. The molecule has 4 nitrogen and oxygen atoms in total. The third kappa shape index (κ3) is 3.79. The van der Waals surface area contributed by atoms with Crippen LogP contribution in [0.15, 0.2) is 0 Å². The highest BCUT2D eigenvalue weighted by atomic mass is 19.4. The zero-order valence-electron chi connectivity index (χ0n) is 12.8. The number of alkyl halides is 3. The van der Waals surface area contributed by atoms with Crippen LogP contribution in [0.4, 0.5) is 32.2 Å². The first-order valence-electron chi connectivity index (χ1n) is 6.58. The molecular formula is C14H14F6N2O2. The second-order valence-electron chi connectivity index (χ2n) is 6.20. The second kappa shape index (κ2) is 6.57. The topological polar surface area (TPSA) is 57.7 Å². The van der Waals surface area contributed by atoms with Crippen molar-refractivity contribution in [2.24, 2.45) is 11.3 Å². The van der Waals surface area contributed by atoms with E-state index in [1.165, 1.54) is 20.8 Å². The van der Waals surface area contributed by atoms with Crippen molar-refractivity contribution in [3.05, 3.63) is 34.6 Å². The maximum atomic E-state index is 14.0. The van der Waals surface area contributed by atoms with E-state index in [9.17, 15) is 36.6 Å². The number of rotatable bonds is 3. The van der Waals surface area contributed by atoms with E-state index in [0.717, 1.165) is 0 Å². The number of nitrogens with zero attached hydrogens (tertiary/aromatic N) is 2. The monoisotopic (exact) mass is 356 g/mol. The van der Waals surface area contributed by atoms with Gasteiger partial charge in [0.2, 0.25) is 5.82 Å². The number of pyridine rings is 1. The summed E-state index contributed by atoms with van der Waals surface area (Å²) in [6, 6.07) is 0. The van der Waals surface area contributed by atoms with Crippen LogP contribution in [-0.4, -0.2) is 27.5 Å². The lowest BCUT2D eigenvalue weighted by molar-refractivity contribution is -0.241. The minimum absolute atomic E-state index is 1.22. The maximum absolute atomic E-state index is 14.0. The number of hydrogen-bond donors (Lipinski definition) is 2. The normalized spacial score (nSPS) is 16.4. The molecule has 0 saturated carbocycles. The van der Waals surface area contributed by atoms with Gasteiger partial charge in [-0.05, 0) is 5.41 Å². The van der Waals surface area contributed by atoms with E-state index < -0.39 is 58.7 Å². The van der Waals surface area contributed by atoms with Gasteiger partial charge >= 0.3 is 17.9 Å². The van der Waals surface area contributed by atoms with Crippen molar-refractivity contribution in [2.45, 2.75) is 39.2 Å². The summed E-state index contributed by atoms with van der Waals surface area (Å²) in [5.41, 5.74) is -3.11. The summed E-state index contributed by atoms with van der Waals surface area (Å²) in [7, 11) is 0. The molecule has 3 unspecified atom stereocenters. The molecule has 0 radical (unpaired) electrons. The molecule has 1 heterocycles. The van der Waals surface area contributed by atoms with Crippen molar-refractivity contribution >= 4 is 5.82 Å². The average molecular weight is 356 g/mol. The third-order valence-corrected chi connectivity index (χ3v) is 3.40. The average Bonchev–Trinajstić information content (AvgIpc) is 2.40. The van der Waals surface area contributed by atoms with Gasteiger partial charge in [-0.25, -0.2) is 4.39 Å². The Labute approximate surface area is 133 Å². The van der Waals surface area contributed by atoms with Crippen LogP contribution in [0.3, 0.4) is 0 Å². The number of aromatic nitrogens is 1. The Bertz CT molecular complexity index is 663. The third-order valence-electron chi connectivity index (χ3n) is 3.40. The highest BCUT2D eigenvalue weighted by Crippen LogP contribution is 2.45. The molecule has 0 aliphatic rings. The van der Waals surface area contributed by atoms with E-state index in [1.54, 1.807) is 0 Å². The molecule has 0 bridgehead atoms. The minimum Gasteiger partial charge on any atom is -0.392 e. The van der Waals surface area contributed by atoms with Crippen molar-refractivity contribution in [2.75, 3.05) is 0 Å². The molecule has 3 atom stereocenters. The van der Waals surface area contributed by atoms with Gasteiger partial charge < -0.3 is 15.1 Å². The van der Waals surface area contributed by atoms with Crippen molar-refractivity contribution in [1.82, 2.24) is 4.98 Å². The Morgan fingerprint density at radius 3 is 1.92 bits per heavy atom. The standard InChI is InChI=1S/C14H14F6N2O2/c1-13(2,3)10(24)6(14(18,19)20)9(23)5-7(15)11(17)22-12(21-4)8(5)16/h6,9-10,23-24H,1-3H3. The van der Waals surface area contributed by atoms with Gasteiger partial charge in [-0.1, -0.05) is 32.3 Å². The van der Waals surface area contributed by atoms with Crippen molar-refractivity contribution < 1.29 is 36.6 Å². The minimum atomic E-state index is -5.26. The number of aliphatic hydroxyl groups excluding tert-OH is 2. The van der Waals surface area contributed by atoms with Gasteiger partial charge in [0.15, 0.2) is 5.82 Å². The number of hydrogen-bond acceptors (Lipinski definition) is 3. The molecular weight excluding hydrogens is 342 g/mol. The molecule has 0 saturated heterocycles. The van der Waals surface area contributed by atoms with Crippen LogP contribution >= 0.6 is 0 Å². The number of halogens is 6. The predicted octanol–water partition coefficient (Wildman–Crippen LogP) is 3.67. The lowest BCUT2D eigenvalue weighted by atomic mass is 9.77. The van der Waals surface area contributed by atoms with Gasteiger partial charge in [0, 0.05) is 0 Å². The zero-order valence-corrected chi connectivity index (χ0v) is 12.8. The van der Waals surface area contributed by atoms with E-state index >= 15 is 0 Å². The molecule has 0 aliphatic heterocycles. The van der Waals surface area contributed by atoms with Crippen LogP contribution in [0, 0.1) is 35.5 Å². The molecule has 0 fully saturated rings.